The average Bonchev–Trinajstić information content (AvgIpc) is 3.05. The van der Waals surface area contributed by atoms with Crippen molar-refractivity contribution in [1.29, 1.82) is 0 Å². The number of aromatic nitrogens is 4. The molecule has 0 amide bonds. The van der Waals surface area contributed by atoms with Crippen LogP contribution in [-0.2, 0) is 0 Å². The predicted octanol–water partition coefficient (Wildman–Crippen LogP) is 2.89. The topological polar surface area (TPSA) is 90.0 Å². The summed E-state index contributed by atoms with van der Waals surface area (Å²) in [4.78, 5) is 18.5. The minimum absolute atomic E-state index is 0.250. The van der Waals surface area contributed by atoms with E-state index in [0.29, 0.717) is 10.8 Å². The zero-order chi connectivity index (χ0) is 18.1. The maximum atomic E-state index is 9.81. The van der Waals surface area contributed by atoms with Gasteiger partial charge >= 0.3 is 0 Å². The number of piperidine rings is 1. The van der Waals surface area contributed by atoms with Crippen LogP contribution < -0.4 is 5.32 Å². The molecule has 1 aliphatic rings. The lowest BCUT2D eigenvalue weighted by molar-refractivity contribution is 0.00363. The molecule has 3 aromatic heterocycles. The monoisotopic (exact) mass is 372 g/mol. The number of likely N-dealkylation sites (tertiary alicyclic amines) is 1. The number of anilines is 1. The van der Waals surface area contributed by atoms with Gasteiger partial charge < -0.3 is 15.4 Å². The van der Waals surface area contributed by atoms with E-state index in [1.165, 1.54) is 0 Å². The Kier molecular flexibility index (Phi) is 4.76. The second-order valence-corrected chi connectivity index (χ2v) is 7.06. The first-order chi connectivity index (χ1) is 12.6. The van der Waals surface area contributed by atoms with Crippen LogP contribution in [0.25, 0.3) is 22.4 Å². The molecule has 26 heavy (non-hydrogen) atoms. The number of rotatable bonds is 4. The summed E-state index contributed by atoms with van der Waals surface area (Å²) in [5.41, 5.74) is 1.62. The summed E-state index contributed by atoms with van der Waals surface area (Å²) in [5.74, 6) is 1.39. The molecule has 0 aromatic carbocycles. The molecule has 7 nitrogen and oxygen atoms in total. The fraction of sp³-hybridized carbons (Fsp3) is 0.389. The second-order valence-electron chi connectivity index (χ2n) is 6.63. The van der Waals surface area contributed by atoms with E-state index < -0.39 is 6.23 Å². The Balaban J connectivity index is 1.57. The number of hydrogen-bond donors (Lipinski definition) is 3. The molecule has 3 aromatic rings. The third-order valence-electron chi connectivity index (χ3n) is 4.73. The standard InChI is InChI=1S/C18H21ClN6O/c1-11(26)25-6-2-3-13(10-25)23-16-4-5-20-18(24-16)15-9-22-17-14(15)7-12(19)8-21-17/h4-5,7-9,11,13,26H,2-3,6,10H2,1H3,(H,21,22)(H,20,23,24). The van der Waals surface area contributed by atoms with Crippen LogP contribution in [0.2, 0.25) is 5.02 Å². The highest BCUT2D eigenvalue weighted by Crippen LogP contribution is 2.27. The molecule has 4 heterocycles. The Bertz CT molecular complexity index is 912. The van der Waals surface area contributed by atoms with Crippen molar-refractivity contribution in [3.63, 3.8) is 0 Å². The van der Waals surface area contributed by atoms with Crippen LogP contribution in [0, 0.1) is 0 Å². The molecular formula is C18H21ClN6O. The normalized spacial score (nSPS) is 19.6. The number of fused-ring (bicyclic) bond motifs is 1. The van der Waals surface area contributed by atoms with E-state index in [4.69, 9.17) is 11.6 Å². The second kappa shape index (κ2) is 7.19. The van der Waals surface area contributed by atoms with Crippen molar-refractivity contribution < 1.29 is 5.11 Å². The maximum absolute atomic E-state index is 9.81. The minimum Gasteiger partial charge on any atom is -0.379 e. The lowest BCUT2D eigenvalue weighted by atomic mass is 10.1. The fourth-order valence-electron chi connectivity index (χ4n) is 3.40. The Hall–Kier alpha value is -2.22. The number of H-pyrrole nitrogens is 1. The molecule has 136 valence electrons. The molecule has 0 spiro atoms. The van der Waals surface area contributed by atoms with Crippen LogP contribution >= 0.6 is 11.6 Å². The van der Waals surface area contributed by atoms with Crippen LogP contribution in [0.15, 0.2) is 30.7 Å². The van der Waals surface area contributed by atoms with E-state index >= 15 is 0 Å². The van der Waals surface area contributed by atoms with Crippen LogP contribution in [0.1, 0.15) is 19.8 Å². The summed E-state index contributed by atoms with van der Waals surface area (Å²) in [6.45, 7) is 3.53. The molecule has 8 heteroatoms. The van der Waals surface area contributed by atoms with E-state index in [2.05, 4.69) is 30.2 Å². The van der Waals surface area contributed by atoms with Gasteiger partial charge in [0.05, 0.1) is 5.02 Å². The third-order valence-corrected chi connectivity index (χ3v) is 4.93. The highest BCUT2D eigenvalue weighted by atomic mass is 35.5. The molecule has 4 rings (SSSR count). The highest BCUT2D eigenvalue weighted by molar-refractivity contribution is 6.31. The molecule has 3 N–H and O–H groups in total. The smallest absolute Gasteiger partial charge is 0.163 e. The summed E-state index contributed by atoms with van der Waals surface area (Å²) in [6.07, 6.45) is 6.88. The Morgan fingerprint density at radius 3 is 3.15 bits per heavy atom. The van der Waals surface area contributed by atoms with Gasteiger partial charge in [-0.3, -0.25) is 4.90 Å². The van der Waals surface area contributed by atoms with Gasteiger partial charge in [-0.15, -0.1) is 0 Å². The number of aliphatic hydroxyl groups excluding tert-OH is 1. The number of hydrogen-bond acceptors (Lipinski definition) is 6. The van der Waals surface area contributed by atoms with Gasteiger partial charge in [-0.05, 0) is 31.9 Å². The zero-order valence-corrected chi connectivity index (χ0v) is 15.2. The molecule has 2 atom stereocenters. The van der Waals surface area contributed by atoms with Gasteiger partial charge in [0.15, 0.2) is 5.82 Å². The summed E-state index contributed by atoms with van der Waals surface area (Å²) >= 11 is 6.08. The SMILES string of the molecule is CC(O)N1CCCC(Nc2ccnc(-c3c[nH]c4ncc(Cl)cc34)n2)C1. The first-order valence-electron chi connectivity index (χ1n) is 8.75. The molecule has 0 radical (unpaired) electrons. The number of nitrogens with zero attached hydrogens (tertiary/aromatic N) is 4. The summed E-state index contributed by atoms with van der Waals surface area (Å²) < 4.78 is 0. The van der Waals surface area contributed by atoms with E-state index in [0.717, 1.165) is 48.3 Å². The molecule has 1 saturated heterocycles. The van der Waals surface area contributed by atoms with Gasteiger partial charge in [0.1, 0.15) is 17.7 Å². The highest BCUT2D eigenvalue weighted by Gasteiger charge is 2.22. The van der Waals surface area contributed by atoms with Gasteiger partial charge in [0.2, 0.25) is 0 Å². The molecule has 2 unspecified atom stereocenters. The van der Waals surface area contributed by atoms with Crippen molar-refractivity contribution >= 4 is 28.5 Å². The Morgan fingerprint density at radius 1 is 1.42 bits per heavy atom. The molecule has 0 bridgehead atoms. The first kappa shape index (κ1) is 17.2. The number of aromatic amines is 1. The van der Waals surface area contributed by atoms with Crippen molar-refractivity contribution in [2.24, 2.45) is 0 Å². The van der Waals surface area contributed by atoms with E-state index in [-0.39, 0.29) is 6.04 Å². The largest absolute Gasteiger partial charge is 0.379 e. The summed E-state index contributed by atoms with van der Waals surface area (Å²) in [7, 11) is 0. The summed E-state index contributed by atoms with van der Waals surface area (Å²) in [5, 5.41) is 14.7. The van der Waals surface area contributed by atoms with Crippen LogP contribution in [0.3, 0.4) is 0 Å². The molecule has 0 aliphatic carbocycles. The summed E-state index contributed by atoms with van der Waals surface area (Å²) in [6, 6.07) is 3.98. The van der Waals surface area contributed by atoms with E-state index in [1.807, 2.05) is 18.3 Å². The molecular weight excluding hydrogens is 352 g/mol. The van der Waals surface area contributed by atoms with Crippen molar-refractivity contribution in [2.75, 3.05) is 18.4 Å². The van der Waals surface area contributed by atoms with E-state index in [9.17, 15) is 5.11 Å². The lowest BCUT2D eigenvalue weighted by Crippen LogP contribution is -2.46. The predicted molar refractivity (Wildman–Crippen MR) is 102 cm³/mol. The average molecular weight is 373 g/mol. The van der Waals surface area contributed by atoms with Gasteiger partial charge in [-0.25, -0.2) is 15.0 Å². The van der Waals surface area contributed by atoms with Crippen molar-refractivity contribution in [1.82, 2.24) is 24.8 Å². The van der Waals surface area contributed by atoms with E-state index in [1.54, 1.807) is 19.3 Å². The van der Waals surface area contributed by atoms with Gasteiger partial charge in [0.25, 0.3) is 0 Å². The first-order valence-corrected chi connectivity index (χ1v) is 9.12. The number of pyridine rings is 1. The van der Waals surface area contributed by atoms with Gasteiger partial charge in [0, 0.05) is 48.7 Å². The number of aliphatic hydroxyl groups is 1. The lowest BCUT2D eigenvalue weighted by Gasteiger charge is -2.35. The molecule has 1 aliphatic heterocycles. The molecule has 0 saturated carbocycles. The Morgan fingerprint density at radius 2 is 2.31 bits per heavy atom. The van der Waals surface area contributed by atoms with Crippen LogP contribution in [-0.4, -0.2) is 55.3 Å². The fourth-order valence-corrected chi connectivity index (χ4v) is 3.56. The van der Waals surface area contributed by atoms with Gasteiger partial charge in [-0.1, -0.05) is 11.6 Å². The van der Waals surface area contributed by atoms with Gasteiger partial charge in [-0.2, -0.15) is 0 Å². The number of nitrogens with one attached hydrogen (secondary N) is 2. The van der Waals surface area contributed by atoms with Crippen molar-refractivity contribution in [3.05, 3.63) is 35.7 Å². The van der Waals surface area contributed by atoms with Crippen LogP contribution in [0.4, 0.5) is 5.82 Å². The minimum atomic E-state index is -0.427. The van der Waals surface area contributed by atoms with Crippen molar-refractivity contribution in [2.45, 2.75) is 32.0 Å². The molecule has 1 fully saturated rings. The van der Waals surface area contributed by atoms with Crippen molar-refractivity contribution in [3.8, 4) is 11.4 Å². The maximum Gasteiger partial charge on any atom is 0.163 e. The van der Waals surface area contributed by atoms with Crippen LogP contribution in [0.5, 0.6) is 0 Å². The zero-order valence-electron chi connectivity index (χ0n) is 14.5. The Labute approximate surface area is 156 Å². The third kappa shape index (κ3) is 3.51. The quantitative estimate of drug-likeness (QED) is 0.652. The number of halogens is 1.